The summed E-state index contributed by atoms with van der Waals surface area (Å²) in [6, 6.07) is 3.94. The van der Waals surface area contributed by atoms with Gasteiger partial charge in [0.15, 0.2) is 0 Å². The van der Waals surface area contributed by atoms with Crippen LogP contribution in [-0.4, -0.2) is 14.9 Å². The second kappa shape index (κ2) is 5.49. The van der Waals surface area contributed by atoms with E-state index < -0.39 is 11.9 Å². The molecule has 1 unspecified atom stereocenters. The fraction of sp³-hybridized carbons (Fsp3) is 0.308. The second-order valence-electron chi connectivity index (χ2n) is 4.52. The highest BCUT2D eigenvalue weighted by molar-refractivity contribution is 6.31. The molecule has 6 heteroatoms. The predicted octanol–water partition coefficient (Wildman–Crippen LogP) is 3.99. The van der Waals surface area contributed by atoms with E-state index in [2.05, 4.69) is 5.10 Å². The topological polar surface area (TPSA) is 38.0 Å². The van der Waals surface area contributed by atoms with Crippen molar-refractivity contribution in [1.29, 1.82) is 0 Å². The van der Waals surface area contributed by atoms with Crippen molar-refractivity contribution in [3.05, 3.63) is 51.5 Å². The third-order valence-electron chi connectivity index (χ3n) is 2.74. The van der Waals surface area contributed by atoms with E-state index in [1.165, 1.54) is 24.4 Å². The van der Waals surface area contributed by atoms with E-state index in [9.17, 15) is 9.50 Å². The molecule has 102 valence electrons. The molecule has 2 rings (SSSR count). The molecule has 0 radical (unpaired) electrons. The molecule has 1 N–H and O–H groups in total. The van der Waals surface area contributed by atoms with Gasteiger partial charge in [0.1, 0.15) is 11.9 Å². The molecule has 1 aromatic carbocycles. The quantitative estimate of drug-likeness (QED) is 0.931. The molecule has 0 amide bonds. The van der Waals surface area contributed by atoms with Crippen LogP contribution in [-0.2, 0) is 0 Å². The Hall–Kier alpha value is -1.10. The fourth-order valence-electron chi connectivity index (χ4n) is 1.91. The molecule has 0 aliphatic heterocycles. The van der Waals surface area contributed by atoms with Crippen LogP contribution in [0.5, 0.6) is 0 Å². The minimum atomic E-state index is -1.08. The molecule has 1 atom stereocenters. The molecule has 1 heterocycles. The van der Waals surface area contributed by atoms with Crippen LogP contribution in [0.25, 0.3) is 0 Å². The van der Waals surface area contributed by atoms with Gasteiger partial charge in [0.2, 0.25) is 0 Å². The molecule has 0 aliphatic carbocycles. The minimum absolute atomic E-state index is 0.0289. The molecular formula is C13H13Cl2FN2O. The van der Waals surface area contributed by atoms with Crippen molar-refractivity contribution in [2.24, 2.45) is 0 Å². The third-order valence-corrected chi connectivity index (χ3v) is 3.25. The maximum absolute atomic E-state index is 13.3. The zero-order chi connectivity index (χ0) is 14.2. The number of hydrogen-bond donors (Lipinski definition) is 1. The van der Waals surface area contributed by atoms with E-state index in [-0.39, 0.29) is 11.1 Å². The first-order valence-electron chi connectivity index (χ1n) is 5.77. The van der Waals surface area contributed by atoms with Crippen LogP contribution in [0.4, 0.5) is 4.39 Å². The molecule has 0 spiro atoms. The third kappa shape index (κ3) is 2.91. The Balaban J connectivity index is 2.49. The highest BCUT2D eigenvalue weighted by Gasteiger charge is 2.22. The van der Waals surface area contributed by atoms with Gasteiger partial charge in [0.25, 0.3) is 0 Å². The number of aliphatic hydroxyl groups excluding tert-OH is 1. The number of rotatable bonds is 3. The van der Waals surface area contributed by atoms with Crippen LogP contribution >= 0.6 is 23.2 Å². The maximum atomic E-state index is 13.3. The molecule has 3 nitrogen and oxygen atoms in total. The van der Waals surface area contributed by atoms with Gasteiger partial charge in [-0.3, -0.25) is 4.68 Å². The zero-order valence-electron chi connectivity index (χ0n) is 10.4. The first-order chi connectivity index (χ1) is 8.90. The molecule has 0 fully saturated rings. The van der Waals surface area contributed by atoms with Gasteiger partial charge in [-0.15, -0.1) is 0 Å². The van der Waals surface area contributed by atoms with E-state index in [0.717, 1.165) is 0 Å². The van der Waals surface area contributed by atoms with Crippen LogP contribution in [0.3, 0.4) is 0 Å². The Morgan fingerprint density at radius 2 is 1.95 bits per heavy atom. The summed E-state index contributed by atoms with van der Waals surface area (Å²) in [4.78, 5) is 0. The van der Waals surface area contributed by atoms with Crippen molar-refractivity contribution in [2.45, 2.75) is 26.0 Å². The lowest BCUT2D eigenvalue weighted by atomic mass is 10.1. The summed E-state index contributed by atoms with van der Waals surface area (Å²) in [5, 5.41) is 15.0. The van der Waals surface area contributed by atoms with Crippen LogP contribution < -0.4 is 0 Å². The van der Waals surface area contributed by atoms with Crippen LogP contribution in [0.15, 0.2) is 24.4 Å². The predicted molar refractivity (Wildman–Crippen MR) is 73.1 cm³/mol. The van der Waals surface area contributed by atoms with Crippen molar-refractivity contribution in [2.75, 3.05) is 0 Å². The average Bonchev–Trinajstić information content (AvgIpc) is 2.69. The van der Waals surface area contributed by atoms with E-state index in [4.69, 9.17) is 23.2 Å². The molecule has 1 aromatic heterocycles. The van der Waals surface area contributed by atoms with Crippen LogP contribution in [0, 0.1) is 5.82 Å². The van der Waals surface area contributed by atoms with Crippen molar-refractivity contribution in [3.63, 3.8) is 0 Å². The molecule has 19 heavy (non-hydrogen) atoms. The summed E-state index contributed by atoms with van der Waals surface area (Å²) in [7, 11) is 0. The minimum Gasteiger partial charge on any atom is -0.382 e. The van der Waals surface area contributed by atoms with Gasteiger partial charge in [0, 0.05) is 11.1 Å². The Morgan fingerprint density at radius 3 is 2.53 bits per heavy atom. The molecule has 0 saturated heterocycles. The highest BCUT2D eigenvalue weighted by atomic mass is 35.5. The van der Waals surface area contributed by atoms with E-state index >= 15 is 0 Å². The molecule has 0 bridgehead atoms. The first-order valence-corrected chi connectivity index (χ1v) is 6.52. The standard InChI is InChI=1S/C13H13Cl2FN2O/c1-7(2)18-12(11(15)6-17-18)13(19)8-3-9(14)5-10(16)4-8/h3-7,13,19H,1-2H3. The molecule has 0 aliphatic rings. The maximum Gasteiger partial charge on any atom is 0.125 e. The van der Waals surface area contributed by atoms with Gasteiger partial charge in [-0.05, 0) is 37.6 Å². The largest absolute Gasteiger partial charge is 0.382 e. The van der Waals surface area contributed by atoms with Crippen LogP contribution in [0.2, 0.25) is 10.0 Å². The van der Waals surface area contributed by atoms with Crippen molar-refractivity contribution in [1.82, 2.24) is 9.78 Å². The van der Waals surface area contributed by atoms with Gasteiger partial charge < -0.3 is 5.11 Å². The Kier molecular flexibility index (Phi) is 4.13. The van der Waals surface area contributed by atoms with Crippen LogP contribution in [0.1, 0.15) is 37.3 Å². The SMILES string of the molecule is CC(C)n1ncc(Cl)c1C(O)c1cc(F)cc(Cl)c1. The van der Waals surface area contributed by atoms with E-state index in [1.807, 2.05) is 13.8 Å². The molecule has 0 saturated carbocycles. The second-order valence-corrected chi connectivity index (χ2v) is 5.37. The summed E-state index contributed by atoms with van der Waals surface area (Å²) in [5.41, 5.74) is 0.771. The Bertz CT molecular complexity index is 578. The number of halogens is 3. The summed E-state index contributed by atoms with van der Waals surface area (Å²) in [6.45, 7) is 3.83. The van der Waals surface area contributed by atoms with Gasteiger partial charge in [-0.1, -0.05) is 23.2 Å². The van der Waals surface area contributed by atoms with E-state index in [0.29, 0.717) is 16.3 Å². The lowest BCUT2D eigenvalue weighted by molar-refractivity contribution is 0.204. The van der Waals surface area contributed by atoms with Crippen molar-refractivity contribution < 1.29 is 9.50 Å². The lowest BCUT2D eigenvalue weighted by Gasteiger charge is -2.17. The number of hydrogen-bond acceptors (Lipinski definition) is 2. The normalized spacial score (nSPS) is 13.0. The fourth-order valence-corrected chi connectivity index (χ4v) is 2.37. The number of aromatic nitrogens is 2. The van der Waals surface area contributed by atoms with Crippen molar-refractivity contribution in [3.8, 4) is 0 Å². The van der Waals surface area contributed by atoms with Gasteiger partial charge in [0.05, 0.1) is 16.9 Å². The van der Waals surface area contributed by atoms with Crippen molar-refractivity contribution >= 4 is 23.2 Å². The summed E-state index contributed by atoms with van der Waals surface area (Å²) in [5.74, 6) is -0.506. The number of benzene rings is 1. The molecule has 2 aromatic rings. The lowest BCUT2D eigenvalue weighted by Crippen LogP contribution is -2.12. The van der Waals surface area contributed by atoms with Gasteiger partial charge in [-0.2, -0.15) is 5.10 Å². The summed E-state index contributed by atoms with van der Waals surface area (Å²) in [6.07, 6.45) is 0.381. The smallest absolute Gasteiger partial charge is 0.125 e. The summed E-state index contributed by atoms with van der Waals surface area (Å²) < 4.78 is 14.9. The van der Waals surface area contributed by atoms with E-state index in [1.54, 1.807) is 4.68 Å². The first kappa shape index (κ1) is 14.3. The Morgan fingerprint density at radius 1 is 1.26 bits per heavy atom. The molecular weight excluding hydrogens is 290 g/mol. The summed E-state index contributed by atoms with van der Waals surface area (Å²) >= 11 is 11.8. The monoisotopic (exact) mass is 302 g/mol. The van der Waals surface area contributed by atoms with Gasteiger partial charge in [-0.25, -0.2) is 4.39 Å². The number of nitrogens with zero attached hydrogens (tertiary/aromatic N) is 2. The zero-order valence-corrected chi connectivity index (χ0v) is 12.0. The van der Waals surface area contributed by atoms with Gasteiger partial charge >= 0.3 is 0 Å². The number of aliphatic hydroxyl groups is 1. The average molecular weight is 303 g/mol. The Labute approximate surface area is 120 Å². The highest BCUT2D eigenvalue weighted by Crippen LogP contribution is 2.31.